The van der Waals surface area contributed by atoms with Crippen LogP contribution in [0.5, 0.6) is 11.5 Å². The Morgan fingerprint density at radius 3 is 2.30 bits per heavy atom. The molecule has 0 amide bonds. The maximum absolute atomic E-state index is 12.1. The Balaban J connectivity index is 2.37. The Morgan fingerprint density at radius 2 is 1.70 bits per heavy atom. The minimum atomic E-state index is -3.93. The minimum Gasteiger partial charge on any atom is -0.493 e. The fourth-order valence-corrected chi connectivity index (χ4v) is 2.54. The van der Waals surface area contributed by atoms with Crippen molar-refractivity contribution < 1.29 is 22.1 Å². The molecule has 2 rings (SSSR count). The molecule has 0 fully saturated rings. The second-order valence-corrected chi connectivity index (χ2v) is 5.42. The number of methoxy groups -OCH3 is 1. The van der Waals surface area contributed by atoms with Crippen LogP contribution >= 0.6 is 0 Å². The summed E-state index contributed by atoms with van der Waals surface area (Å²) in [5.41, 5.74) is 0.367. The third-order valence-corrected chi connectivity index (χ3v) is 3.80. The van der Waals surface area contributed by atoms with Crippen LogP contribution in [0.15, 0.2) is 53.4 Å². The summed E-state index contributed by atoms with van der Waals surface area (Å²) >= 11 is 0. The molecule has 2 aromatic rings. The molecular formula is C14H12O5S. The Labute approximate surface area is 116 Å². The van der Waals surface area contributed by atoms with E-state index >= 15 is 0 Å². The highest BCUT2D eigenvalue weighted by atomic mass is 32.2. The zero-order chi connectivity index (χ0) is 14.6. The number of aldehydes is 1. The molecule has 20 heavy (non-hydrogen) atoms. The first-order valence-electron chi connectivity index (χ1n) is 5.69. The lowest BCUT2D eigenvalue weighted by Gasteiger charge is -2.10. The van der Waals surface area contributed by atoms with Gasteiger partial charge in [0.15, 0.2) is 11.5 Å². The topological polar surface area (TPSA) is 69.7 Å². The number of hydrogen-bond donors (Lipinski definition) is 0. The van der Waals surface area contributed by atoms with Gasteiger partial charge in [-0.2, -0.15) is 8.42 Å². The molecule has 0 spiro atoms. The van der Waals surface area contributed by atoms with Crippen LogP contribution in [0, 0.1) is 0 Å². The van der Waals surface area contributed by atoms with Gasteiger partial charge in [0.05, 0.1) is 7.11 Å². The van der Waals surface area contributed by atoms with Crippen LogP contribution in [0.1, 0.15) is 10.4 Å². The lowest BCUT2D eigenvalue weighted by atomic mass is 10.2. The third-order valence-electron chi connectivity index (χ3n) is 2.56. The molecular weight excluding hydrogens is 280 g/mol. The maximum Gasteiger partial charge on any atom is 0.339 e. The van der Waals surface area contributed by atoms with Crippen molar-refractivity contribution in [2.45, 2.75) is 4.90 Å². The third kappa shape index (κ3) is 2.97. The van der Waals surface area contributed by atoms with Gasteiger partial charge in [0.25, 0.3) is 0 Å². The first-order chi connectivity index (χ1) is 9.56. The monoisotopic (exact) mass is 292 g/mol. The molecule has 0 saturated heterocycles. The van der Waals surface area contributed by atoms with Gasteiger partial charge in [-0.15, -0.1) is 0 Å². The van der Waals surface area contributed by atoms with Gasteiger partial charge in [-0.25, -0.2) is 0 Å². The molecule has 0 radical (unpaired) electrons. The fraction of sp³-hybridized carbons (Fsp3) is 0.0714. The summed E-state index contributed by atoms with van der Waals surface area (Å²) in [6.07, 6.45) is 0.637. The van der Waals surface area contributed by atoms with Gasteiger partial charge >= 0.3 is 10.1 Å². The number of hydrogen-bond acceptors (Lipinski definition) is 5. The van der Waals surface area contributed by atoms with Crippen molar-refractivity contribution in [1.82, 2.24) is 0 Å². The van der Waals surface area contributed by atoms with E-state index in [9.17, 15) is 13.2 Å². The molecule has 0 saturated carbocycles. The molecule has 5 nitrogen and oxygen atoms in total. The largest absolute Gasteiger partial charge is 0.493 e. The van der Waals surface area contributed by atoms with Gasteiger partial charge in [0.2, 0.25) is 0 Å². The summed E-state index contributed by atoms with van der Waals surface area (Å²) in [5, 5.41) is 0. The van der Waals surface area contributed by atoms with Crippen molar-refractivity contribution in [3.05, 3.63) is 54.1 Å². The quantitative estimate of drug-likeness (QED) is 0.624. The van der Waals surface area contributed by atoms with Gasteiger partial charge in [-0.05, 0) is 30.3 Å². The zero-order valence-corrected chi connectivity index (χ0v) is 11.5. The van der Waals surface area contributed by atoms with Crippen molar-refractivity contribution in [2.75, 3.05) is 7.11 Å². The van der Waals surface area contributed by atoms with E-state index in [0.717, 1.165) is 0 Å². The highest BCUT2D eigenvalue weighted by Crippen LogP contribution is 2.30. The summed E-state index contributed by atoms with van der Waals surface area (Å²) in [6.45, 7) is 0. The maximum atomic E-state index is 12.1. The lowest BCUT2D eigenvalue weighted by Crippen LogP contribution is -2.10. The van der Waals surface area contributed by atoms with Crippen LogP contribution in [-0.2, 0) is 10.1 Å². The molecule has 6 heteroatoms. The number of carbonyl (C=O) groups excluding carboxylic acids is 1. The Hall–Kier alpha value is -2.34. The van der Waals surface area contributed by atoms with E-state index in [-0.39, 0.29) is 16.4 Å². The van der Waals surface area contributed by atoms with E-state index in [1.165, 1.54) is 37.4 Å². The molecule has 0 N–H and O–H groups in total. The molecule has 0 aliphatic heterocycles. The summed E-state index contributed by atoms with van der Waals surface area (Å²) in [5.74, 6) is 0.205. The van der Waals surface area contributed by atoms with Crippen molar-refractivity contribution >= 4 is 16.4 Å². The molecule has 0 heterocycles. The van der Waals surface area contributed by atoms with Gasteiger partial charge in [-0.3, -0.25) is 4.79 Å². The van der Waals surface area contributed by atoms with Crippen molar-refractivity contribution in [3.8, 4) is 11.5 Å². The molecule has 0 aliphatic carbocycles. The normalized spacial score (nSPS) is 10.8. The van der Waals surface area contributed by atoms with Gasteiger partial charge in [0, 0.05) is 5.56 Å². The number of ether oxygens (including phenoxy) is 1. The van der Waals surface area contributed by atoms with E-state index in [1.54, 1.807) is 18.2 Å². The van der Waals surface area contributed by atoms with Crippen molar-refractivity contribution in [2.24, 2.45) is 0 Å². The number of carbonyl (C=O) groups is 1. The highest BCUT2D eigenvalue weighted by Gasteiger charge is 2.18. The molecule has 0 unspecified atom stereocenters. The van der Waals surface area contributed by atoms with Gasteiger partial charge in [-0.1, -0.05) is 18.2 Å². The number of rotatable bonds is 5. The smallest absolute Gasteiger partial charge is 0.339 e. The zero-order valence-electron chi connectivity index (χ0n) is 10.6. The predicted octanol–water partition coefficient (Wildman–Crippen LogP) is 2.28. The Morgan fingerprint density at radius 1 is 1.00 bits per heavy atom. The van der Waals surface area contributed by atoms with Crippen molar-refractivity contribution in [1.29, 1.82) is 0 Å². The molecule has 2 aromatic carbocycles. The summed E-state index contributed by atoms with van der Waals surface area (Å²) < 4.78 is 34.2. The molecule has 0 atom stereocenters. The first kappa shape index (κ1) is 14.1. The second-order valence-electron chi connectivity index (χ2n) is 3.88. The van der Waals surface area contributed by atoms with Gasteiger partial charge < -0.3 is 8.92 Å². The predicted molar refractivity (Wildman–Crippen MR) is 72.6 cm³/mol. The highest BCUT2D eigenvalue weighted by molar-refractivity contribution is 7.87. The van der Waals surface area contributed by atoms with E-state index < -0.39 is 10.1 Å². The Bertz CT molecular complexity index is 708. The van der Waals surface area contributed by atoms with E-state index in [2.05, 4.69) is 0 Å². The van der Waals surface area contributed by atoms with Crippen LogP contribution in [0.2, 0.25) is 0 Å². The summed E-state index contributed by atoms with van der Waals surface area (Å²) in [4.78, 5) is 10.7. The standard InChI is InChI=1S/C14H12O5S/c1-18-14-9-11(10-15)7-8-13(14)19-20(16,17)12-5-3-2-4-6-12/h2-10H,1H3. The number of benzene rings is 2. The molecule has 0 aromatic heterocycles. The summed E-state index contributed by atoms with van der Waals surface area (Å²) in [7, 11) is -2.57. The minimum absolute atomic E-state index is 0.0296. The molecule has 104 valence electrons. The van der Waals surface area contributed by atoms with E-state index in [0.29, 0.717) is 11.8 Å². The summed E-state index contributed by atoms with van der Waals surface area (Å²) in [6, 6.07) is 12.0. The van der Waals surface area contributed by atoms with Crippen LogP contribution in [-0.4, -0.2) is 21.8 Å². The Kier molecular flexibility index (Phi) is 4.05. The fourth-order valence-electron chi connectivity index (χ4n) is 1.58. The average Bonchev–Trinajstić information content (AvgIpc) is 2.48. The van der Waals surface area contributed by atoms with Crippen LogP contribution < -0.4 is 8.92 Å². The second kappa shape index (κ2) is 5.75. The van der Waals surface area contributed by atoms with E-state index in [1.807, 2.05) is 0 Å². The van der Waals surface area contributed by atoms with Crippen LogP contribution in [0.3, 0.4) is 0 Å². The molecule has 0 aliphatic rings. The van der Waals surface area contributed by atoms with E-state index in [4.69, 9.17) is 8.92 Å². The average molecular weight is 292 g/mol. The van der Waals surface area contributed by atoms with Gasteiger partial charge in [0.1, 0.15) is 11.2 Å². The van der Waals surface area contributed by atoms with Crippen LogP contribution in [0.4, 0.5) is 0 Å². The first-order valence-corrected chi connectivity index (χ1v) is 7.10. The molecule has 0 bridgehead atoms. The van der Waals surface area contributed by atoms with Crippen LogP contribution in [0.25, 0.3) is 0 Å². The van der Waals surface area contributed by atoms with Crippen molar-refractivity contribution in [3.63, 3.8) is 0 Å². The lowest BCUT2D eigenvalue weighted by molar-refractivity contribution is 0.112. The SMILES string of the molecule is COc1cc(C=O)ccc1OS(=O)(=O)c1ccccc1.